The zero-order chi connectivity index (χ0) is 15.5. The van der Waals surface area contributed by atoms with Gasteiger partial charge in [-0.05, 0) is 48.1 Å². The van der Waals surface area contributed by atoms with E-state index in [0.717, 1.165) is 41.9 Å². The molecule has 4 heteroatoms. The van der Waals surface area contributed by atoms with Crippen LogP contribution in [0.2, 0.25) is 0 Å². The van der Waals surface area contributed by atoms with Crippen molar-refractivity contribution in [3.63, 3.8) is 0 Å². The molecule has 0 fully saturated rings. The van der Waals surface area contributed by atoms with Crippen molar-refractivity contribution in [2.24, 2.45) is 0 Å². The zero-order valence-electron chi connectivity index (χ0n) is 13.6. The molecule has 0 saturated carbocycles. The van der Waals surface area contributed by atoms with Gasteiger partial charge in [0.15, 0.2) is 0 Å². The van der Waals surface area contributed by atoms with Crippen molar-refractivity contribution in [2.75, 3.05) is 17.2 Å². The van der Waals surface area contributed by atoms with Crippen LogP contribution in [0.1, 0.15) is 47.7 Å². The maximum absolute atomic E-state index is 12.7. The number of benzene rings is 2. The Morgan fingerprint density at radius 2 is 1.91 bits per heavy atom. The highest BCUT2D eigenvalue weighted by molar-refractivity contribution is 6.06. The van der Waals surface area contributed by atoms with Crippen LogP contribution in [0.4, 0.5) is 11.4 Å². The summed E-state index contributed by atoms with van der Waals surface area (Å²) in [5, 5.41) is 6.46. The largest absolute Gasteiger partial charge is 0.385 e. The first-order valence-corrected chi connectivity index (χ1v) is 7.93. The Hall–Kier alpha value is -2.00. The normalized spacial score (nSPS) is 12.8. The van der Waals surface area contributed by atoms with Crippen molar-refractivity contribution < 1.29 is 4.79 Å². The van der Waals surface area contributed by atoms with E-state index in [1.165, 1.54) is 5.56 Å². The summed E-state index contributed by atoms with van der Waals surface area (Å²) in [6.45, 7) is 5.26. The molecule has 0 saturated heterocycles. The summed E-state index contributed by atoms with van der Waals surface area (Å²) in [4.78, 5) is 12.7. The molecule has 0 aliphatic carbocycles. The lowest BCUT2D eigenvalue weighted by Crippen LogP contribution is -2.20. The fraction of sp³-hybridized carbons (Fsp3) is 0.316. The third kappa shape index (κ3) is 3.67. The van der Waals surface area contributed by atoms with Crippen molar-refractivity contribution in [1.82, 2.24) is 0 Å². The average Bonchev–Trinajstić information content (AvgIpc) is 2.54. The predicted molar refractivity (Wildman–Crippen MR) is 99.0 cm³/mol. The van der Waals surface area contributed by atoms with Crippen LogP contribution in [0.15, 0.2) is 42.5 Å². The van der Waals surface area contributed by atoms with E-state index >= 15 is 0 Å². The van der Waals surface area contributed by atoms with Gasteiger partial charge in [-0.1, -0.05) is 38.1 Å². The van der Waals surface area contributed by atoms with Crippen molar-refractivity contribution in [1.29, 1.82) is 0 Å². The second-order valence-electron chi connectivity index (χ2n) is 6.06. The third-order valence-corrected chi connectivity index (χ3v) is 4.17. The van der Waals surface area contributed by atoms with Crippen LogP contribution in [0.3, 0.4) is 0 Å². The van der Waals surface area contributed by atoms with E-state index in [0.29, 0.717) is 5.92 Å². The summed E-state index contributed by atoms with van der Waals surface area (Å²) in [5.74, 6) is 0.358. The Morgan fingerprint density at radius 3 is 2.70 bits per heavy atom. The fourth-order valence-electron chi connectivity index (χ4n) is 3.03. The number of anilines is 2. The van der Waals surface area contributed by atoms with E-state index < -0.39 is 0 Å². The molecule has 2 aromatic carbocycles. The summed E-state index contributed by atoms with van der Waals surface area (Å²) in [5.41, 5.74) is 5.08. The van der Waals surface area contributed by atoms with Gasteiger partial charge < -0.3 is 10.6 Å². The third-order valence-electron chi connectivity index (χ3n) is 4.17. The molecule has 3 rings (SSSR count). The summed E-state index contributed by atoms with van der Waals surface area (Å²) >= 11 is 0. The van der Waals surface area contributed by atoms with Crippen LogP contribution in [0, 0.1) is 0 Å². The van der Waals surface area contributed by atoms with E-state index in [1.807, 2.05) is 36.4 Å². The molecular weight excluding hydrogens is 308 g/mol. The lowest BCUT2D eigenvalue weighted by atomic mass is 9.96. The van der Waals surface area contributed by atoms with E-state index in [4.69, 9.17) is 0 Å². The molecule has 1 heterocycles. The van der Waals surface area contributed by atoms with Crippen molar-refractivity contribution in [3.8, 4) is 0 Å². The molecule has 2 aromatic rings. The molecule has 1 aliphatic heterocycles. The SMILES string of the molecule is CC(C)c1ccccc1NC(=O)c1cccc2c1CCCN2.Cl. The molecule has 0 aromatic heterocycles. The van der Waals surface area contributed by atoms with E-state index in [1.54, 1.807) is 0 Å². The first-order valence-electron chi connectivity index (χ1n) is 7.93. The number of fused-ring (bicyclic) bond motifs is 1. The first-order chi connectivity index (χ1) is 10.7. The number of rotatable bonds is 3. The van der Waals surface area contributed by atoms with Crippen LogP contribution in [0.25, 0.3) is 0 Å². The number of hydrogen-bond acceptors (Lipinski definition) is 2. The summed E-state index contributed by atoms with van der Waals surface area (Å²) in [7, 11) is 0. The number of halogens is 1. The van der Waals surface area contributed by atoms with Gasteiger partial charge in [0.1, 0.15) is 0 Å². The standard InChI is InChI=1S/C19H22N2O.ClH/c1-13(2)14-7-3-4-10-18(14)21-19(22)16-8-5-11-17-15(16)9-6-12-20-17;/h3-5,7-8,10-11,13,20H,6,9,12H2,1-2H3,(H,21,22);1H. The van der Waals surface area contributed by atoms with Gasteiger partial charge in [0.05, 0.1) is 0 Å². The van der Waals surface area contributed by atoms with Gasteiger partial charge in [-0.3, -0.25) is 4.79 Å². The minimum Gasteiger partial charge on any atom is -0.385 e. The van der Waals surface area contributed by atoms with E-state index in [2.05, 4.69) is 30.5 Å². The molecule has 1 aliphatic rings. The van der Waals surface area contributed by atoms with Gasteiger partial charge in [-0.15, -0.1) is 12.4 Å². The highest BCUT2D eigenvalue weighted by Gasteiger charge is 2.18. The van der Waals surface area contributed by atoms with Crippen LogP contribution in [-0.2, 0) is 6.42 Å². The van der Waals surface area contributed by atoms with Gasteiger partial charge in [0.25, 0.3) is 5.91 Å². The molecule has 0 radical (unpaired) electrons. The lowest BCUT2D eigenvalue weighted by molar-refractivity contribution is 0.102. The van der Waals surface area contributed by atoms with Crippen LogP contribution in [-0.4, -0.2) is 12.5 Å². The fourth-order valence-corrected chi connectivity index (χ4v) is 3.03. The summed E-state index contributed by atoms with van der Waals surface area (Å²) in [6.07, 6.45) is 2.03. The number of nitrogens with one attached hydrogen (secondary N) is 2. The quantitative estimate of drug-likeness (QED) is 0.845. The van der Waals surface area contributed by atoms with Gasteiger partial charge >= 0.3 is 0 Å². The van der Waals surface area contributed by atoms with Gasteiger partial charge in [0, 0.05) is 23.5 Å². The van der Waals surface area contributed by atoms with Crippen molar-refractivity contribution in [3.05, 3.63) is 59.2 Å². The van der Waals surface area contributed by atoms with Gasteiger partial charge in [-0.25, -0.2) is 0 Å². The highest BCUT2D eigenvalue weighted by atomic mass is 35.5. The van der Waals surface area contributed by atoms with E-state index in [-0.39, 0.29) is 18.3 Å². The molecule has 1 amide bonds. The van der Waals surface area contributed by atoms with Crippen LogP contribution < -0.4 is 10.6 Å². The molecule has 0 unspecified atom stereocenters. The van der Waals surface area contributed by atoms with Gasteiger partial charge in [0.2, 0.25) is 0 Å². The summed E-state index contributed by atoms with van der Waals surface area (Å²) < 4.78 is 0. The molecular formula is C19H23ClN2O. The Balaban J connectivity index is 0.00000192. The predicted octanol–water partition coefficient (Wildman–Crippen LogP) is 4.84. The molecule has 0 atom stereocenters. The average molecular weight is 331 g/mol. The van der Waals surface area contributed by atoms with Gasteiger partial charge in [-0.2, -0.15) is 0 Å². The van der Waals surface area contributed by atoms with Crippen LogP contribution in [0.5, 0.6) is 0 Å². The Kier molecular flexibility index (Phi) is 5.67. The summed E-state index contributed by atoms with van der Waals surface area (Å²) in [6, 6.07) is 13.9. The lowest BCUT2D eigenvalue weighted by Gasteiger charge is -2.21. The maximum Gasteiger partial charge on any atom is 0.256 e. The molecule has 0 bridgehead atoms. The number of hydrogen-bond donors (Lipinski definition) is 2. The Labute approximate surface area is 143 Å². The first kappa shape index (κ1) is 17.4. The minimum atomic E-state index is -0.0198. The second-order valence-corrected chi connectivity index (χ2v) is 6.06. The molecule has 122 valence electrons. The van der Waals surface area contributed by atoms with E-state index in [9.17, 15) is 4.79 Å². The molecule has 3 nitrogen and oxygen atoms in total. The van der Waals surface area contributed by atoms with Crippen LogP contribution >= 0.6 is 12.4 Å². The Bertz CT molecular complexity index is 698. The Morgan fingerprint density at radius 1 is 1.13 bits per heavy atom. The smallest absolute Gasteiger partial charge is 0.256 e. The van der Waals surface area contributed by atoms with Crippen molar-refractivity contribution >= 4 is 29.7 Å². The number of amides is 1. The monoisotopic (exact) mass is 330 g/mol. The topological polar surface area (TPSA) is 41.1 Å². The highest BCUT2D eigenvalue weighted by Crippen LogP contribution is 2.28. The minimum absolute atomic E-state index is 0. The number of carbonyl (C=O) groups is 1. The molecule has 2 N–H and O–H groups in total. The molecule has 23 heavy (non-hydrogen) atoms. The van der Waals surface area contributed by atoms with Crippen molar-refractivity contribution in [2.45, 2.75) is 32.6 Å². The maximum atomic E-state index is 12.7. The second kappa shape index (κ2) is 7.51. The number of carbonyl (C=O) groups excluding carboxylic acids is 1. The number of para-hydroxylation sites is 1. The molecule has 0 spiro atoms. The zero-order valence-corrected chi connectivity index (χ0v) is 14.4.